The van der Waals surface area contributed by atoms with Crippen LogP contribution in [0.3, 0.4) is 0 Å². The molecule has 1 heterocycles. The monoisotopic (exact) mass is 301 g/mol. The van der Waals surface area contributed by atoms with Crippen LogP contribution in [0.25, 0.3) is 0 Å². The van der Waals surface area contributed by atoms with Crippen LogP contribution in [0.2, 0.25) is 0 Å². The Kier molecular flexibility index (Phi) is 5.12. The average Bonchev–Trinajstić information content (AvgIpc) is 2.46. The summed E-state index contributed by atoms with van der Waals surface area (Å²) < 4.78 is 41.9. The number of methoxy groups -OCH3 is 1. The first-order chi connectivity index (χ1) is 9.56. The summed E-state index contributed by atoms with van der Waals surface area (Å²) in [5.41, 5.74) is 1.98. The number of hydrogen-bond acceptors (Lipinski definition) is 4. The Morgan fingerprint density at radius 1 is 1.40 bits per heavy atom. The summed E-state index contributed by atoms with van der Waals surface area (Å²) in [6, 6.07) is 4.98. The number of alkyl halides is 1. The molecule has 0 saturated heterocycles. The lowest BCUT2D eigenvalue weighted by molar-refractivity contribution is 0.199. The van der Waals surface area contributed by atoms with Crippen molar-refractivity contribution in [2.45, 2.75) is 30.3 Å². The molecule has 0 amide bonds. The summed E-state index contributed by atoms with van der Waals surface area (Å²) in [4.78, 5) is 0.341. The van der Waals surface area contributed by atoms with E-state index in [1.807, 2.05) is 6.07 Å². The van der Waals surface area contributed by atoms with Gasteiger partial charge in [0.15, 0.2) is 9.84 Å². The first kappa shape index (κ1) is 15.4. The lowest BCUT2D eigenvalue weighted by atomic mass is 9.96. The molecule has 0 radical (unpaired) electrons. The van der Waals surface area contributed by atoms with Crippen molar-refractivity contribution in [2.75, 3.05) is 26.1 Å². The number of benzene rings is 1. The molecule has 1 aliphatic rings. The van der Waals surface area contributed by atoms with E-state index in [0.29, 0.717) is 30.9 Å². The molecule has 0 bridgehead atoms. The first-order valence-electron chi connectivity index (χ1n) is 6.69. The molecule has 1 unspecified atom stereocenters. The molecule has 6 heteroatoms. The normalized spacial score (nSPS) is 18.8. The topological polar surface area (TPSA) is 55.4 Å². The quantitative estimate of drug-likeness (QED) is 0.809. The lowest BCUT2D eigenvalue weighted by Gasteiger charge is -2.24. The summed E-state index contributed by atoms with van der Waals surface area (Å²) in [5.74, 6) is 0.0835. The molecule has 1 aliphatic heterocycles. The first-order valence-corrected chi connectivity index (χ1v) is 8.35. The van der Waals surface area contributed by atoms with Crippen LogP contribution in [0.5, 0.6) is 0 Å². The zero-order chi connectivity index (χ0) is 14.6. The molecular formula is C14H20FNO3S. The molecule has 1 aromatic carbocycles. The van der Waals surface area contributed by atoms with E-state index in [4.69, 9.17) is 4.74 Å². The van der Waals surface area contributed by atoms with Crippen molar-refractivity contribution in [1.29, 1.82) is 0 Å². The van der Waals surface area contributed by atoms with E-state index >= 15 is 0 Å². The highest BCUT2D eigenvalue weighted by Gasteiger charge is 2.21. The van der Waals surface area contributed by atoms with Gasteiger partial charge >= 0.3 is 0 Å². The third-order valence-electron chi connectivity index (χ3n) is 3.53. The molecule has 0 aliphatic carbocycles. The maximum Gasteiger partial charge on any atom is 0.178 e. The molecular weight excluding hydrogens is 281 g/mol. The van der Waals surface area contributed by atoms with Crippen molar-refractivity contribution in [2.24, 2.45) is 0 Å². The minimum Gasteiger partial charge on any atom is -0.385 e. The highest BCUT2D eigenvalue weighted by atomic mass is 32.2. The van der Waals surface area contributed by atoms with Crippen molar-refractivity contribution in [3.05, 3.63) is 29.3 Å². The van der Waals surface area contributed by atoms with Gasteiger partial charge in [-0.25, -0.2) is 12.8 Å². The second kappa shape index (κ2) is 6.65. The van der Waals surface area contributed by atoms with Crippen molar-refractivity contribution < 1.29 is 17.5 Å². The van der Waals surface area contributed by atoms with E-state index in [9.17, 15) is 12.8 Å². The highest BCUT2D eigenvalue weighted by Crippen LogP contribution is 2.22. The fourth-order valence-corrected chi connectivity index (χ4v) is 3.70. The fourth-order valence-electron chi connectivity index (χ4n) is 2.37. The van der Waals surface area contributed by atoms with Crippen LogP contribution < -0.4 is 5.32 Å². The number of nitrogens with one attached hydrogen (secondary N) is 1. The Labute approximate surface area is 119 Å². The van der Waals surface area contributed by atoms with Crippen LogP contribution in [-0.2, 0) is 27.5 Å². The third-order valence-corrected chi connectivity index (χ3v) is 5.33. The van der Waals surface area contributed by atoms with Gasteiger partial charge in [-0.3, -0.25) is 0 Å². The number of fused-ring (bicyclic) bond motifs is 1. The SMILES string of the molecule is COCCCS(=O)(=O)c1ccc2c(c1)CNC(CF)C2. The molecule has 4 nitrogen and oxygen atoms in total. The predicted octanol–water partition coefficient (Wildman–Crippen LogP) is 1.48. The number of halogens is 1. The van der Waals surface area contributed by atoms with Gasteiger partial charge in [-0.1, -0.05) is 6.07 Å². The van der Waals surface area contributed by atoms with E-state index in [2.05, 4.69) is 5.32 Å². The fraction of sp³-hybridized carbons (Fsp3) is 0.571. The summed E-state index contributed by atoms with van der Waals surface area (Å²) in [6.07, 6.45) is 1.09. The molecule has 0 fully saturated rings. The molecule has 0 saturated carbocycles. The molecule has 1 aromatic rings. The Hall–Kier alpha value is -0.980. The van der Waals surface area contributed by atoms with Gasteiger partial charge in [0.1, 0.15) is 6.67 Å². The number of sulfone groups is 1. The van der Waals surface area contributed by atoms with Gasteiger partial charge < -0.3 is 10.1 Å². The molecule has 0 aromatic heterocycles. The third kappa shape index (κ3) is 3.56. The highest BCUT2D eigenvalue weighted by molar-refractivity contribution is 7.91. The molecule has 0 spiro atoms. The van der Waals surface area contributed by atoms with Crippen LogP contribution >= 0.6 is 0 Å². The molecule has 1 atom stereocenters. The van der Waals surface area contributed by atoms with Crippen molar-refractivity contribution >= 4 is 9.84 Å². The van der Waals surface area contributed by atoms with Gasteiger partial charge in [0.25, 0.3) is 0 Å². The van der Waals surface area contributed by atoms with Gasteiger partial charge in [0.05, 0.1) is 10.6 Å². The number of hydrogen-bond donors (Lipinski definition) is 1. The molecule has 20 heavy (non-hydrogen) atoms. The van der Waals surface area contributed by atoms with E-state index < -0.39 is 16.5 Å². The zero-order valence-corrected chi connectivity index (χ0v) is 12.4. The minimum absolute atomic E-state index is 0.0835. The lowest BCUT2D eigenvalue weighted by Crippen LogP contribution is -2.37. The number of ether oxygens (including phenoxy) is 1. The van der Waals surface area contributed by atoms with Crippen molar-refractivity contribution in [3.8, 4) is 0 Å². The van der Waals surface area contributed by atoms with E-state index in [-0.39, 0.29) is 11.8 Å². The van der Waals surface area contributed by atoms with Crippen molar-refractivity contribution in [3.63, 3.8) is 0 Å². The smallest absolute Gasteiger partial charge is 0.178 e. The van der Waals surface area contributed by atoms with Gasteiger partial charge in [0.2, 0.25) is 0 Å². The maximum absolute atomic E-state index is 12.6. The van der Waals surface area contributed by atoms with Crippen molar-refractivity contribution in [1.82, 2.24) is 5.32 Å². The van der Waals surface area contributed by atoms with E-state index in [1.54, 1.807) is 19.2 Å². The predicted molar refractivity (Wildman–Crippen MR) is 75.3 cm³/mol. The van der Waals surface area contributed by atoms with Crippen LogP contribution in [0, 0.1) is 0 Å². The molecule has 112 valence electrons. The summed E-state index contributed by atoms with van der Waals surface area (Å²) in [6.45, 7) is 0.547. The van der Waals surface area contributed by atoms with Gasteiger partial charge in [-0.15, -0.1) is 0 Å². The summed E-state index contributed by atoms with van der Waals surface area (Å²) in [5, 5.41) is 3.07. The van der Waals surface area contributed by atoms with Gasteiger partial charge in [-0.2, -0.15) is 0 Å². The molecule has 1 N–H and O–H groups in total. The Bertz CT molecular complexity index is 560. The summed E-state index contributed by atoms with van der Waals surface area (Å²) in [7, 11) is -1.71. The zero-order valence-electron chi connectivity index (χ0n) is 11.6. The minimum atomic E-state index is -3.27. The average molecular weight is 301 g/mol. The van der Waals surface area contributed by atoms with Crippen LogP contribution in [0.15, 0.2) is 23.1 Å². The Balaban J connectivity index is 2.15. The van der Waals surface area contributed by atoms with E-state index in [0.717, 1.165) is 11.1 Å². The van der Waals surface area contributed by atoms with Gasteiger partial charge in [0, 0.05) is 26.3 Å². The second-order valence-electron chi connectivity index (χ2n) is 5.03. The standard InChI is InChI=1S/C14H20FNO3S/c1-19-5-2-6-20(17,18)14-4-3-11-7-13(9-15)16-10-12(11)8-14/h3-4,8,13,16H,2,5-7,9-10H2,1H3. The molecule has 2 rings (SSSR count). The Morgan fingerprint density at radius 2 is 2.20 bits per heavy atom. The Morgan fingerprint density at radius 3 is 2.90 bits per heavy atom. The van der Waals surface area contributed by atoms with Crippen LogP contribution in [-0.4, -0.2) is 40.6 Å². The summed E-state index contributed by atoms with van der Waals surface area (Å²) >= 11 is 0. The van der Waals surface area contributed by atoms with Crippen LogP contribution in [0.4, 0.5) is 4.39 Å². The maximum atomic E-state index is 12.6. The van der Waals surface area contributed by atoms with Crippen LogP contribution in [0.1, 0.15) is 17.5 Å². The van der Waals surface area contributed by atoms with E-state index in [1.165, 1.54) is 0 Å². The number of rotatable bonds is 6. The second-order valence-corrected chi connectivity index (χ2v) is 7.14. The largest absolute Gasteiger partial charge is 0.385 e. The van der Waals surface area contributed by atoms with Gasteiger partial charge in [-0.05, 0) is 36.1 Å².